The smallest absolute Gasteiger partial charge is 0.241 e. The van der Waals surface area contributed by atoms with E-state index in [2.05, 4.69) is 22.1 Å². The molecule has 0 aliphatic heterocycles. The van der Waals surface area contributed by atoms with E-state index in [1.54, 1.807) is 0 Å². The van der Waals surface area contributed by atoms with Crippen LogP contribution in [-0.2, 0) is 0 Å². The molecule has 0 unspecified atom stereocenters. The van der Waals surface area contributed by atoms with Crippen LogP contribution >= 0.6 is 12.4 Å². The van der Waals surface area contributed by atoms with Gasteiger partial charge in [-0.15, -0.1) is 17.5 Å². The topological polar surface area (TPSA) is 30.3 Å². The number of hydrogen-bond acceptors (Lipinski definition) is 3. The van der Waals surface area contributed by atoms with Crippen molar-refractivity contribution in [2.45, 2.75) is 0 Å². The standard InChI is InChI=1S/C19H21N3O.ClH/c1-21(2)13-14-23-19-18(16-9-5-3-6-10-16)15-22(20-19)17-11-7-4-8-12-17;/h3-12,15H,13-14H2,1-2H3;1H. The normalized spacial score (nSPS) is 10.5. The average Bonchev–Trinajstić information content (AvgIpc) is 3.00. The Hall–Kier alpha value is -2.30. The van der Waals surface area contributed by atoms with Gasteiger partial charge < -0.3 is 9.64 Å². The third-order valence-electron chi connectivity index (χ3n) is 3.56. The first-order chi connectivity index (χ1) is 11.2. The van der Waals surface area contributed by atoms with Crippen LogP contribution in [0.3, 0.4) is 0 Å². The molecule has 1 aromatic heterocycles. The van der Waals surface area contributed by atoms with Crippen molar-refractivity contribution in [3.63, 3.8) is 0 Å². The van der Waals surface area contributed by atoms with E-state index in [0.717, 1.165) is 23.4 Å². The molecular formula is C19H22ClN3O. The molecule has 4 nitrogen and oxygen atoms in total. The fourth-order valence-electron chi connectivity index (χ4n) is 2.32. The van der Waals surface area contributed by atoms with Crippen LogP contribution < -0.4 is 4.74 Å². The van der Waals surface area contributed by atoms with Crippen molar-refractivity contribution in [3.8, 4) is 22.7 Å². The first-order valence-electron chi connectivity index (χ1n) is 7.72. The molecule has 1 heterocycles. The summed E-state index contributed by atoms with van der Waals surface area (Å²) in [5, 5.41) is 4.63. The van der Waals surface area contributed by atoms with Crippen molar-refractivity contribution < 1.29 is 4.74 Å². The van der Waals surface area contributed by atoms with E-state index in [9.17, 15) is 0 Å². The van der Waals surface area contributed by atoms with Crippen LogP contribution in [0.4, 0.5) is 0 Å². The lowest BCUT2D eigenvalue weighted by Gasteiger charge is -2.10. The number of aromatic nitrogens is 2. The second-order valence-corrected chi connectivity index (χ2v) is 5.65. The van der Waals surface area contributed by atoms with Gasteiger partial charge in [-0.2, -0.15) is 0 Å². The molecule has 0 bridgehead atoms. The number of rotatable bonds is 6. The number of para-hydroxylation sites is 1. The summed E-state index contributed by atoms with van der Waals surface area (Å²) in [5.74, 6) is 0.668. The van der Waals surface area contributed by atoms with Crippen LogP contribution in [0.2, 0.25) is 0 Å². The molecule has 24 heavy (non-hydrogen) atoms. The molecule has 0 N–H and O–H groups in total. The Morgan fingerprint density at radius 3 is 2.21 bits per heavy atom. The van der Waals surface area contributed by atoms with Crippen molar-refractivity contribution >= 4 is 12.4 Å². The number of ether oxygens (including phenoxy) is 1. The first-order valence-corrected chi connectivity index (χ1v) is 7.72. The molecule has 3 aromatic rings. The molecule has 0 saturated heterocycles. The van der Waals surface area contributed by atoms with Crippen molar-refractivity contribution in [2.75, 3.05) is 27.2 Å². The highest BCUT2D eigenvalue weighted by atomic mass is 35.5. The Morgan fingerprint density at radius 1 is 0.958 bits per heavy atom. The molecule has 0 radical (unpaired) electrons. The Balaban J connectivity index is 0.00000208. The minimum Gasteiger partial charge on any atom is -0.475 e. The number of hydrogen-bond donors (Lipinski definition) is 0. The van der Waals surface area contributed by atoms with Crippen molar-refractivity contribution in [2.24, 2.45) is 0 Å². The van der Waals surface area contributed by atoms with E-state index in [-0.39, 0.29) is 12.4 Å². The van der Waals surface area contributed by atoms with Gasteiger partial charge in [0.05, 0.1) is 11.3 Å². The molecule has 2 aromatic carbocycles. The zero-order chi connectivity index (χ0) is 16.1. The van der Waals surface area contributed by atoms with Gasteiger partial charge in [-0.05, 0) is 31.8 Å². The highest BCUT2D eigenvalue weighted by molar-refractivity contribution is 5.85. The Kier molecular flexibility index (Phi) is 6.41. The molecule has 5 heteroatoms. The fraction of sp³-hybridized carbons (Fsp3) is 0.211. The number of likely N-dealkylation sites (N-methyl/N-ethyl adjacent to an activating group) is 1. The largest absolute Gasteiger partial charge is 0.475 e. The van der Waals surface area contributed by atoms with Crippen molar-refractivity contribution in [3.05, 3.63) is 66.9 Å². The monoisotopic (exact) mass is 343 g/mol. The maximum absolute atomic E-state index is 5.93. The van der Waals surface area contributed by atoms with E-state index in [4.69, 9.17) is 4.74 Å². The van der Waals surface area contributed by atoms with Gasteiger partial charge in [-0.3, -0.25) is 0 Å². The lowest BCUT2D eigenvalue weighted by Crippen LogP contribution is -2.19. The van der Waals surface area contributed by atoms with Gasteiger partial charge in [0.2, 0.25) is 5.88 Å². The molecule has 0 aliphatic rings. The molecule has 3 rings (SSSR count). The summed E-state index contributed by atoms with van der Waals surface area (Å²) >= 11 is 0. The van der Waals surface area contributed by atoms with Gasteiger partial charge in [0.1, 0.15) is 6.61 Å². The summed E-state index contributed by atoms with van der Waals surface area (Å²) < 4.78 is 7.80. The average molecular weight is 344 g/mol. The summed E-state index contributed by atoms with van der Waals surface area (Å²) in [6.45, 7) is 1.46. The number of halogens is 1. The fourth-order valence-corrected chi connectivity index (χ4v) is 2.32. The van der Waals surface area contributed by atoms with E-state index in [0.29, 0.717) is 12.5 Å². The van der Waals surface area contributed by atoms with E-state index in [1.807, 2.05) is 73.5 Å². The van der Waals surface area contributed by atoms with Gasteiger partial charge in [0.15, 0.2) is 0 Å². The summed E-state index contributed by atoms with van der Waals surface area (Å²) in [4.78, 5) is 2.09. The number of nitrogens with zero attached hydrogens (tertiary/aromatic N) is 3. The predicted molar refractivity (Wildman–Crippen MR) is 100 cm³/mol. The van der Waals surface area contributed by atoms with Gasteiger partial charge in [-0.1, -0.05) is 48.5 Å². The Labute approximate surface area is 149 Å². The molecule has 126 valence electrons. The van der Waals surface area contributed by atoms with Crippen LogP contribution in [0.1, 0.15) is 0 Å². The number of benzene rings is 2. The van der Waals surface area contributed by atoms with Crippen LogP contribution in [0.15, 0.2) is 66.9 Å². The second-order valence-electron chi connectivity index (χ2n) is 5.65. The van der Waals surface area contributed by atoms with Gasteiger partial charge >= 0.3 is 0 Å². The zero-order valence-electron chi connectivity index (χ0n) is 13.9. The maximum atomic E-state index is 5.93. The van der Waals surface area contributed by atoms with Gasteiger partial charge in [0, 0.05) is 12.7 Å². The second kappa shape index (κ2) is 8.52. The maximum Gasteiger partial charge on any atom is 0.241 e. The molecule has 0 atom stereocenters. The third-order valence-corrected chi connectivity index (χ3v) is 3.56. The highest BCUT2D eigenvalue weighted by Crippen LogP contribution is 2.29. The molecular weight excluding hydrogens is 322 g/mol. The first kappa shape index (κ1) is 18.0. The molecule has 0 saturated carbocycles. The molecule has 0 aliphatic carbocycles. The van der Waals surface area contributed by atoms with Crippen LogP contribution in [0, 0.1) is 0 Å². The van der Waals surface area contributed by atoms with Gasteiger partial charge in [-0.25, -0.2) is 4.68 Å². The van der Waals surface area contributed by atoms with E-state index in [1.165, 1.54) is 0 Å². The van der Waals surface area contributed by atoms with Crippen LogP contribution in [0.5, 0.6) is 5.88 Å². The van der Waals surface area contributed by atoms with E-state index >= 15 is 0 Å². The van der Waals surface area contributed by atoms with Crippen LogP contribution in [0.25, 0.3) is 16.8 Å². The molecule has 0 amide bonds. The lowest BCUT2D eigenvalue weighted by atomic mass is 10.1. The zero-order valence-corrected chi connectivity index (χ0v) is 14.7. The van der Waals surface area contributed by atoms with Crippen molar-refractivity contribution in [1.82, 2.24) is 14.7 Å². The molecule has 0 spiro atoms. The summed E-state index contributed by atoms with van der Waals surface area (Å²) in [7, 11) is 4.06. The SMILES string of the molecule is CN(C)CCOc1nn(-c2ccccc2)cc1-c1ccccc1.Cl. The minimum atomic E-state index is 0. The Morgan fingerprint density at radius 2 is 1.58 bits per heavy atom. The van der Waals surface area contributed by atoms with Gasteiger partial charge in [0.25, 0.3) is 0 Å². The lowest BCUT2D eigenvalue weighted by molar-refractivity contribution is 0.253. The van der Waals surface area contributed by atoms with E-state index < -0.39 is 0 Å². The predicted octanol–water partition coefficient (Wildman–Crippen LogP) is 3.90. The third kappa shape index (κ3) is 4.37. The van der Waals surface area contributed by atoms with Crippen molar-refractivity contribution in [1.29, 1.82) is 0 Å². The molecule has 0 fully saturated rings. The Bertz CT molecular complexity index is 742. The van der Waals surface area contributed by atoms with Crippen LogP contribution in [-0.4, -0.2) is 41.9 Å². The summed E-state index contributed by atoms with van der Waals surface area (Å²) in [6, 6.07) is 20.3. The summed E-state index contributed by atoms with van der Waals surface area (Å²) in [6.07, 6.45) is 2.02. The quantitative estimate of drug-likeness (QED) is 0.680. The highest BCUT2D eigenvalue weighted by Gasteiger charge is 2.13. The summed E-state index contributed by atoms with van der Waals surface area (Å²) in [5.41, 5.74) is 3.13. The minimum absolute atomic E-state index is 0.